The van der Waals surface area contributed by atoms with Gasteiger partial charge in [0.15, 0.2) is 11.6 Å². The molecular weight excluding hydrogens is 420 g/mol. The molecule has 1 N–H and O–H groups in total. The third-order valence-electron chi connectivity index (χ3n) is 6.08. The Kier molecular flexibility index (Phi) is 6.18. The largest absolute Gasteiger partial charge is 0.344 e. The number of aromatic nitrogens is 2. The zero-order valence-corrected chi connectivity index (χ0v) is 19.3. The van der Waals surface area contributed by atoms with Gasteiger partial charge in [-0.1, -0.05) is 31.1 Å². The Morgan fingerprint density at radius 1 is 1.18 bits per heavy atom. The van der Waals surface area contributed by atoms with Gasteiger partial charge in [0.1, 0.15) is 23.5 Å². The van der Waals surface area contributed by atoms with Crippen LogP contribution in [0.25, 0.3) is 0 Å². The number of Topliss-reactive ketones (excluding diaryl/α,β-unsaturated/α-hetero) is 1. The summed E-state index contributed by atoms with van der Waals surface area (Å²) in [6.45, 7) is 3.91. The molecule has 2 aliphatic rings. The molecule has 1 aliphatic heterocycles. The predicted octanol–water partition coefficient (Wildman–Crippen LogP) is 3.43. The van der Waals surface area contributed by atoms with Gasteiger partial charge in [0, 0.05) is 32.9 Å². The molecule has 0 spiro atoms. The molecule has 1 atom stereocenters. The molecule has 172 valence electrons. The van der Waals surface area contributed by atoms with Crippen LogP contribution in [0, 0.1) is 17.2 Å². The van der Waals surface area contributed by atoms with Crippen LogP contribution in [0.2, 0.25) is 0 Å². The average Bonchev–Trinajstić information content (AvgIpc) is 3.49. The van der Waals surface area contributed by atoms with Crippen LogP contribution >= 0.6 is 0 Å². The fraction of sp³-hybridized carbons (Fsp3) is 0.458. The highest BCUT2D eigenvalue weighted by atomic mass is 16.5. The first kappa shape index (κ1) is 22.5. The van der Waals surface area contributed by atoms with E-state index in [0.29, 0.717) is 23.5 Å². The Morgan fingerprint density at radius 3 is 2.36 bits per heavy atom. The second kappa shape index (κ2) is 9.06. The fourth-order valence-corrected chi connectivity index (χ4v) is 4.05. The van der Waals surface area contributed by atoms with Gasteiger partial charge < -0.3 is 19.6 Å². The number of nitriles is 1. The van der Waals surface area contributed by atoms with Gasteiger partial charge in [-0.2, -0.15) is 10.2 Å². The first-order valence-electron chi connectivity index (χ1n) is 11.2. The molecular formula is C24H28N6O3. The predicted molar refractivity (Wildman–Crippen MR) is 122 cm³/mol. The Hall–Kier alpha value is -3.67. The first-order chi connectivity index (χ1) is 15.8. The molecule has 1 aromatic heterocycles. The molecule has 0 bridgehead atoms. The number of amides is 1. The maximum atomic E-state index is 12.9. The number of nitrogens with one attached hydrogen (secondary N) is 1. The van der Waals surface area contributed by atoms with Crippen molar-refractivity contribution in [3.8, 4) is 6.07 Å². The van der Waals surface area contributed by atoms with E-state index in [1.807, 2.05) is 68.1 Å². The second-order valence-electron chi connectivity index (χ2n) is 8.89. The number of rotatable bonds is 8. The van der Waals surface area contributed by atoms with Crippen molar-refractivity contribution in [3.63, 3.8) is 0 Å². The van der Waals surface area contributed by atoms with Crippen molar-refractivity contribution in [1.29, 1.82) is 5.26 Å². The molecule has 33 heavy (non-hydrogen) atoms. The second-order valence-corrected chi connectivity index (χ2v) is 8.89. The molecule has 1 saturated carbocycles. The van der Waals surface area contributed by atoms with Gasteiger partial charge >= 0.3 is 0 Å². The fourth-order valence-electron chi connectivity index (χ4n) is 4.05. The van der Waals surface area contributed by atoms with Crippen LogP contribution in [0.5, 0.6) is 0 Å². The van der Waals surface area contributed by atoms with E-state index in [0.717, 1.165) is 24.2 Å². The Balaban J connectivity index is 1.42. The summed E-state index contributed by atoms with van der Waals surface area (Å²) in [6.07, 6.45) is 2.01. The molecule has 1 aromatic carbocycles. The smallest absolute Gasteiger partial charge is 0.249 e. The lowest BCUT2D eigenvalue weighted by atomic mass is 10.0. The van der Waals surface area contributed by atoms with E-state index in [4.69, 9.17) is 4.52 Å². The quantitative estimate of drug-likeness (QED) is 0.482. The van der Waals surface area contributed by atoms with Gasteiger partial charge in [-0.25, -0.2) is 0 Å². The molecule has 9 heteroatoms. The number of allylic oxidation sites excluding steroid dienone is 1. The lowest BCUT2D eigenvalue weighted by Crippen LogP contribution is -2.32. The monoisotopic (exact) mass is 448 g/mol. The standard InChI is InChI=1S/C24H28N6O3/c1-14(2)21(23-27-22(28-33-23)15-9-10-15)26-20(32)12-11-19(31)16(13-25)24-29(3)17-7-5-6-8-18(17)30(24)4/h5-8,14-15,21H,9-12H2,1-4H3,(H,26,32). The molecule has 2 aromatic rings. The van der Waals surface area contributed by atoms with Crippen LogP contribution in [0.3, 0.4) is 0 Å². The van der Waals surface area contributed by atoms with Gasteiger partial charge in [-0.3, -0.25) is 9.59 Å². The van der Waals surface area contributed by atoms with E-state index in [-0.39, 0.29) is 36.0 Å². The number of anilines is 2. The summed E-state index contributed by atoms with van der Waals surface area (Å²) in [5.41, 5.74) is 1.87. The molecule has 4 rings (SSSR count). The summed E-state index contributed by atoms with van der Waals surface area (Å²) in [5.74, 6) is 1.32. The van der Waals surface area contributed by atoms with Crippen molar-refractivity contribution in [3.05, 3.63) is 47.4 Å². The van der Waals surface area contributed by atoms with Gasteiger partial charge in [0.2, 0.25) is 11.8 Å². The van der Waals surface area contributed by atoms with Gasteiger partial charge in [-0.15, -0.1) is 0 Å². The number of carbonyl (C=O) groups excluding carboxylic acids is 2. The normalized spacial score (nSPS) is 15.9. The maximum Gasteiger partial charge on any atom is 0.249 e. The molecule has 1 amide bonds. The van der Waals surface area contributed by atoms with Gasteiger partial charge in [-0.05, 0) is 30.9 Å². The number of nitrogens with zero attached hydrogens (tertiary/aromatic N) is 5. The SMILES string of the molecule is CC(C)C(NC(=O)CCC(=O)C(C#N)=C1N(C)c2ccccc2N1C)c1nc(C2CC2)no1. The molecule has 0 radical (unpaired) electrons. The van der Waals surface area contributed by atoms with Crippen LogP contribution < -0.4 is 15.1 Å². The van der Waals surface area contributed by atoms with E-state index in [2.05, 4.69) is 15.5 Å². The van der Waals surface area contributed by atoms with Crippen LogP contribution in [0.1, 0.15) is 63.2 Å². The highest BCUT2D eigenvalue weighted by Crippen LogP contribution is 2.41. The van der Waals surface area contributed by atoms with Crippen molar-refractivity contribution in [2.45, 2.75) is 51.5 Å². The Bertz CT molecular complexity index is 1110. The highest BCUT2D eigenvalue weighted by Gasteiger charge is 2.33. The van der Waals surface area contributed by atoms with Crippen LogP contribution in [0.15, 0.2) is 40.2 Å². The molecule has 1 unspecified atom stereocenters. The van der Waals surface area contributed by atoms with E-state index >= 15 is 0 Å². The van der Waals surface area contributed by atoms with Crippen molar-refractivity contribution in [2.75, 3.05) is 23.9 Å². The topological polar surface area (TPSA) is 115 Å². The number of hydrogen-bond donors (Lipinski definition) is 1. The summed E-state index contributed by atoms with van der Waals surface area (Å²) in [5, 5.41) is 16.7. The van der Waals surface area contributed by atoms with Crippen molar-refractivity contribution < 1.29 is 14.1 Å². The molecule has 1 aliphatic carbocycles. The van der Waals surface area contributed by atoms with Crippen LogP contribution in [-0.2, 0) is 9.59 Å². The third kappa shape index (κ3) is 4.46. The van der Waals surface area contributed by atoms with Gasteiger partial charge in [0.05, 0.1) is 11.4 Å². The highest BCUT2D eigenvalue weighted by molar-refractivity contribution is 6.03. The Morgan fingerprint density at radius 2 is 1.82 bits per heavy atom. The average molecular weight is 449 g/mol. The number of fused-ring (bicyclic) bond motifs is 1. The molecule has 0 saturated heterocycles. The first-order valence-corrected chi connectivity index (χ1v) is 11.2. The minimum absolute atomic E-state index is 0.0354. The minimum Gasteiger partial charge on any atom is -0.344 e. The molecule has 9 nitrogen and oxygen atoms in total. The lowest BCUT2D eigenvalue weighted by molar-refractivity contribution is -0.125. The number of carbonyl (C=O) groups is 2. The summed E-state index contributed by atoms with van der Waals surface area (Å²) in [6, 6.07) is 9.31. The maximum absolute atomic E-state index is 12.9. The number of ketones is 1. The van der Waals surface area contributed by atoms with Crippen LogP contribution in [-0.4, -0.2) is 35.9 Å². The zero-order valence-electron chi connectivity index (χ0n) is 19.3. The summed E-state index contributed by atoms with van der Waals surface area (Å²) in [4.78, 5) is 33.7. The molecule has 1 fully saturated rings. The van der Waals surface area contributed by atoms with E-state index < -0.39 is 6.04 Å². The van der Waals surface area contributed by atoms with Crippen molar-refractivity contribution in [1.82, 2.24) is 15.5 Å². The third-order valence-corrected chi connectivity index (χ3v) is 6.08. The summed E-state index contributed by atoms with van der Waals surface area (Å²) in [7, 11) is 3.64. The minimum atomic E-state index is -0.428. The zero-order chi connectivity index (χ0) is 23.7. The van der Waals surface area contributed by atoms with Crippen LogP contribution in [0.4, 0.5) is 11.4 Å². The van der Waals surface area contributed by atoms with E-state index in [9.17, 15) is 14.9 Å². The van der Waals surface area contributed by atoms with E-state index in [1.54, 1.807) is 0 Å². The van der Waals surface area contributed by atoms with E-state index in [1.165, 1.54) is 0 Å². The number of benzene rings is 1. The van der Waals surface area contributed by atoms with Crippen molar-refractivity contribution in [2.24, 2.45) is 5.92 Å². The van der Waals surface area contributed by atoms with Gasteiger partial charge in [0.25, 0.3) is 0 Å². The molecule has 2 heterocycles. The Labute approximate surface area is 193 Å². The number of hydrogen-bond acceptors (Lipinski definition) is 8. The lowest BCUT2D eigenvalue weighted by Gasteiger charge is -2.20. The summed E-state index contributed by atoms with van der Waals surface area (Å²) >= 11 is 0. The summed E-state index contributed by atoms with van der Waals surface area (Å²) < 4.78 is 5.39. The van der Waals surface area contributed by atoms with Crippen molar-refractivity contribution >= 4 is 23.1 Å². The number of para-hydroxylation sites is 2.